The van der Waals surface area contributed by atoms with Crippen molar-refractivity contribution in [1.82, 2.24) is 15.2 Å². The van der Waals surface area contributed by atoms with Gasteiger partial charge in [0.1, 0.15) is 17.2 Å². The number of anilines is 1. The Morgan fingerprint density at radius 3 is 2.53 bits per heavy atom. The number of phenols is 2. The predicted molar refractivity (Wildman–Crippen MR) is 111 cm³/mol. The highest BCUT2D eigenvalue weighted by atomic mass is 16.5. The molecule has 1 aromatic heterocycles. The molecule has 0 aliphatic rings. The van der Waals surface area contributed by atoms with Crippen LogP contribution >= 0.6 is 0 Å². The number of methoxy groups -OCH3 is 2. The first kappa shape index (κ1) is 20.6. The molecule has 3 rings (SSSR count). The minimum absolute atomic E-state index is 0.0497. The summed E-state index contributed by atoms with van der Waals surface area (Å²) < 4.78 is 10.5. The van der Waals surface area contributed by atoms with E-state index >= 15 is 0 Å². The third-order valence-electron chi connectivity index (χ3n) is 4.28. The van der Waals surface area contributed by atoms with E-state index < -0.39 is 5.56 Å². The second-order valence-corrected chi connectivity index (χ2v) is 6.33. The van der Waals surface area contributed by atoms with Gasteiger partial charge >= 0.3 is 0 Å². The second kappa shape index (κ2) is 8.95. The van der Waals surface area contributed by atoms with Gasteiger partial charge in [0.05, 0.1) is 19.9 Å². The zero-order chi connectivity index (χ0) is 21.7. The normalized spacial score (nSPS) is 11.2. The van der Waals surface area contributed by atoms with Crippen molar-refractivity contribution in [3.8, 4) is 23.0 Å². The van der Waals surface area contributed by atoms with Crippen molar-refractivity contribution in [1.29, 1.82) is 0 Å². The summed E-state index contributed by atoms with van der Waals surface area (Å²) in [5.74, 6) is 1.02. The van der Waals surface area contributed by atoms with Gasteiger partial charge in [0.25, 0.3) is 5.56 Å². The van der Waals surface area contributed by atoms with Crippen LogP contribution in [0.3, 0.4) is 0 Å². The summed E-state index contributed by atoms with van der Waals surface area (Å²) in [5, 5.41) is 31.2. The van der Waals surface area contributed by atoms with E-state index in [0.717, 1.165) is 5.56 Å². The Morgan fingerprint density at radius 1 is 1.10 bits per heavy atom. The van der Waals surface area contributed by atoms with E-state index in [9.17, 15) is 15.0 Å². The van der Waals surface area contributed by atoms with Crippen molar-refractivity contribution < 1.29 is 19.7 Å². The van der Waals surface area contributed by atoms with Crippen molar-refractivity contribution in [2.24, 2.45) is 5.10 Å². The number of aromatic nitrogens is 3. The molecule has 2 aromatic carbocycles. The zero-order valence-electron chi connectivity index (χ0n) is 16.6. The molecule has 10 nitrogen and oxygen atoms in total. The fraction of sp³-hybridized carbons (Fsp3) is 0.200. The molecule has 1 heterocycles. The molecule has 0 atom stereocenters. The molecule has 0 aliphatic heterocycles. The Kier molecular flexibility index (Phi) is 6.16. The Balaban J connectivity index is 1.74. The van der Waals surface area contributed by atoms with Gasteiger partial charge in [0.15, 0.2) is 11.5 Å². The van der Waals surface area contributed by atoms with Crippen LogP contribution in [0.1, 0.15) is 23.7 Å². The molecule has 0 radical (unpaired) electrons. The molecular weight excluding hydrogens is 390 g/mol. The lowest BCUT2D eigenvalue weighted by Gasteiger charge is -2.09. The summed E-state index contributed by atoms with van der Waals surface area (Å²) in [7, 11) is 3.09. The van der Waals surface area contributed by atoms with Crippen LogP contribution in [-0.2, 0) is 6.42 Å². The lowest BCUT2D eigenvalue weighted by molar-refractivity contribution is 0.354. The fourth-order valence-corrected chi connectivity index (χ4v) is 2.73. The number of phenolic OH excluding ortho intramolecular Hbond substituents is 2. The third-order valence-corrected chi connectivity index (χ3v) is 4.28. The second-order valence-electron chi connectivity index (χ2n) is 6.33. The van der Waals surface area contributed by atoms with Gasteiger partial charge in [-0.05, 0) is 36.8 Å². The van der Waals surface area contributed by atoms with Gasteiger partial charge < -0.3 is 19.7 Å². The number of nitrogens with one attached hydrogen (secondary N) is 2. The summed E-state index contributed by atoms with van der Waals surface area (Å²) >= 11 is 0. The quantitative estimate of drug-likeness (QED) is 0.342. The number of hydrogen-bond donors (Lipinski definition) is 4. The number of nitrogens with zero attached hydrogens (tertiary/aromatic N) is 3. The Hall–Kier alpha value is -4.08. The van der Waals surface area contributed by atoms with Gasteiger partial charge in [-0.25, -0.2) is 5.43 Å². The van der Waals surface area contributed by atoms with Gasteiger partial charge in [-0.1, -0.05) is 6.07 Å². The van der Waals surface area contributed by atoms with Gasteiger partial charge in [-0.2, -0.15) is 5.10 Å². The van der Waals surface area contributed by atoms with Gasteiger partial charge in [-0.3, -0.25) is 9.78 Å². The number of hydrazone groups is 1. The highest BCUT2D eigenvalue weighted by molar-refractivity contribution is 6.01. The number of H-pyrrole nitrogens is 1. The summed E-state index contributed by atoms with van der Waals surface area (Å²) in [6.45, 7) is 1.65. The van der Waals surface area contributed by atoms with Crippen LogP contribution in [0.4, 0.5) is 5.95 Å². The van der Waals surface area contributed by atoms with Gasteiger partial charge in [0, 0.05) is 18.1 Å². The smallest absolute Gasteiger partial charge is 0.274 e. The monoisotopic (exact) mass is 411 g/mol. The van der Waals surface area contributed by atoms with Crippen LogP contribution in [-0.4, -0.2) is 45.3 Å². The predicted octanol–water partition coefficient (Wildman–Crippen LogP) is 2.02. The molecule has 3 aromatic rings. The SMILES string of the molecule is COc1ccc(Cc2nnc(N/N=C(\C)c3ccc(O)cc3O)[nH]c2=O)cc1OC. The number of rotatable bonds is 7. The minimum Gasteiger partial charge on any atom is -0.508 e. The van der Waals surface area contributed by atoms with E-state index in [-0.39, 0.29) is 29.6 Å². The largest absolute Gasteiger partial charge is 0.508 e. The molecule has 10 heteroatoms. The molecule has 0 saturated carbocycles. The summed E-state index contributed by atoms with van der Waals surface area (Å²) in [4.78, 5) is 14.9. The average molecular weight is 411 g/mol. The van der Waals surface area contributed by atoms with Crippen molar-refractivity contribution in [2.45, 2.75) is 13.3 Å². The molecule has 0 amide bonds. The molecule has 0 saturated heterocycles. The van der Waals surface area contributed by atoms with Crippen LogP contribution in [0.2, 0.25) is 0 Å². The lowest BCUT2D eigenvalue weighted by atomic mass is 10.1. The van der Waals surface area contributed by atoms with E-state index in [2.05, 4.69) is 25.7 Å². The number of benzene rings is 2. The number of hydrogen-bond acceptors (Lipinski definition) is 9. The van der Waals surface area contributed by atoms with Crippen LogP contribution in [0.15, 0.2) is 46.3 Å². The molecule has 156 valence electrons. The van der Waals surface area contributed by atoms with Gasteiger partial charge in [0.2, 0.25) is 5.95 Å². The highest BCUT2D eigenvalue weighted by Gasteiger charge is 2.10. The van der Waals surface area contributed by atoms with Crippen LogP contribution in [0.5, 0.6) is 23.0 Å². The van der Waals surface area contributed by atoms with E-state index in [0.29, 0.717) is 22.8 Å². The van der Waals surface area contributed by atoms with Crippen molar-refractivity contribution in [2.75, 3.05) is 19.6 Å². The fourth-order valence-electron chi connectivity index (χ4n) is 2.73. The van der Waals surface area contributed by atoms with E-state index in [4.69, 9.17) is 9.47 Å². The highest BCUT2D eigenvalue weighted by Crippen LogP contribution is 2.28. The Bertz CT molecular complexity index is 1140. The lowest BCUT2D eigenvalue weighted by Crippen LogP contribution is -2.19. The first-order chi connectivity index (χ1) is 14.4. The molecule has 0 fully saturated rings. The maximum Gasteiger partial charge on any atom is 0.274 e. The van der Waals surface area contributed by atoms with E-state index in [1.54, 1.807) is 26.2 Å². The molecular formula is C20H21N5O5. The van der Waals surface area contributed by atoms with Crippen LogP contribution in [0.25, 0.3) is 0 Å². The molecule has 0 aliphatic carbocycles. The van der Waals surface area contributed by atoms with Crippen molar-refractivity contribution >= 4 is 11.7 Å². The molecule has 0 spiro atoms. The maximum absolute atomic E-state index is 12.4. The summed E-state index contributed by atoms with van der Waals surface area (Å²) in [6.07, 6.45) is 0.257. The topological polar surface area (TPSA) is 142 Å². The molecule has 30 heavy (non-hydrogen) atoms. The van der Waals surface area contributed by atoms with Crippen LogP contribution in [0, 0.1) is 0 Å². The summed E-state index contributed by atoms with van der Waals surface area (Å²) in [6, 6.07) is 9.49. The third kappa shape index (κ3) is 4.66. The first-order valence-corrected chi connectivity index (χ1v) is 8.90. The summed E-state index contributed by atoms with van der Waals surface area (Å²) in [5.41, 5.74) is 4.06. The van der Waals surface area contributed by atoms with Crippen LogP contribution < -0.4 is 20.5 Å². The maximum atomic E-state index is 12.4. The molecule has 4 N–H and O–H groups in total. The zero-order valence-corrected chi connectivity index (χ0v) is 16.6. The first-order valence-electron chi connectivity index (χ1n) is 8.90. The number of ether oxygens (including phenoxy) is 2. The molecule has 0 unspecified atom stereocenters. The number of aromatic amines is 1. The average Bonchev–Trinajstić information content (AvgIpc) is 2.73. The van der Waals surface area contributed by atoms with Gasteiger partial charge in [-0.15, -0.1) is 10.2 Å². The standard InChI is InChI=1S/C20H21N5O5/c1-11(14-6-5-13(26)10-16(14)27)22-24-20-21-19(28)15(23-25-20)8-12-4-7-17(29-2)18(9-12)30-3/h4-7,9-10,26-27H,8H2,1-3H3,(H2,21,24,25,28)/b22-11+. The van der Waals surface area contributed by atoms with Crippen molar-refractivity contribution in [3.05, 3.63) is 63.6 Å². The Labute approximate surface area is 171 Å². The number of aromatic hydroxyl groups is 2. The minimum atomic E-state index is -0.414. The van der Waals surface area contributed by atoms with Crippen molar-refractivity contribution in [3.63, 3.8) is 0 Å². The Morgan fingerprint density at radius 2 is 1.87 bits per heavy atom. The molecule has 0 bridgehead atoms. The van der Waals surface area contributed by atoms with E-state index in [1.165, 1.54) is 25.3 Å². The van der Waals surface area contributed by atoms with E-state index in [1.807, 2.05) is 6.07 Å².